The van der Waals surface area contributed by atoms with Gasteiger partial charge in [-0.2, -0.15) is 8.42 Å². The normalized spacial score (nSPS) is 12.8. The quantitative estimate of drug-likeness (QED) is 0.563. The second-order valence-electron chi connectivity index (χ2n) is 1.04. The molecule has 48 valence electrons. The lowest BCUT2D eigenvalue weighted by Gasteiger charge is -1.78. The average molecular weight is 140 g/mol. The molecule has 0 bridgehead atoms. The minimum atomic E-state index is -4.11. The molecule has 8 heavy (non-hydrogen) atoms. The lowest BCUT2D eigenvalue weighted by molar-refractivity contribution is 0.493. The summed E-state index contributed by atoms with van der Waals surface area (Å²) in [7, 11) is -4.11. The van der Waals surface area contributed by atoms with Gasteiger partial charge in [0.1, 0.15) is 6.67 Å². The van der Waals surface area contributed by atoms with Gasteiger partial charge in [0.15, 0.2) is 0 Å². The Hall–Kier alpha value is -0.420. The molecule has 0 rings (SSSR count). The fourth-order valence-corrected chi connectivity index (χ4v) is 0.474. The van der Waals surface area contributed by atoms with Crippen LogP contribution in [0.1, 0.15) is 0 Å². The van der Waals surface area contributed by atoms with E-state index < -0.39 is 16.8 Å². The van der Waals surface area contributed by atoms with Crippen molar-refractivity contribution < 1.29 is 17.4 Å². The second kappa shape index (κ2) is 2.78. The summed E-state index contributed by atoms with van der Waals surface area (Å²) >= 11 is 0. The van der Waals surface area contributed by atoms with E-state index in [1.54, 1.807) is 0 Å². The highest BCUT2D eigenvalue weighted by Gasteiger charge is 1.91. The van der Waals surface area contributed by atoms with Crippen LogP contribution < -0.4 is 0 Å². The van der Waals surface area contributed by atoms with Gasteiger partial charge in [0.2, 0.25) is 0 Å². The van der Waals surface area contributed by atoms with Gasteiger partial charge in [-0.3, -0.25) is 4.55 Å². The van der Waals surface area contributed by atoms with Gasteiger partial charge >= 0.3 is 0 Å². The first-order valence-electron chi connectivity index (χ1n) is 1.76. The van der Waals surface area contributed by atoms with Crippen LogP contribution in [0.3, 0.4) is 0 Å². The van der Waals surface area contributed by atoms with Crippen molar-refractivity contribution in [3.05, 3.63) is 11.5 Å². The summed E-state index contributed by atoms with van der Waals surface area (Å²) < 4.78 is 38.3. The number of halogens is 1. The predicted molar refractivity (Wildman–Crippen MR) is 26.7 cm³/mol. The molecule has 0 saturated carbocycles. The molecule has 0 radical (unpaired) electrons. The minimum absolute atomic E-state index is 0.396. The summed E-state index contributed by atoms with van der Waals surface area (Å²) in [5, 5.41) is 0.396. The van der Waals surface area contributed by atoms with Gasteiger partial charge in [-0.1, -0.05) is 0 Å². The van der Waals surface area contributed by atoms with E-state index in [2.05, 4.69) is 0 Å². The van der Waals surface area contributed by atoms with Crippen LogP contribution in [-0.4, -0.2) is 19.6 Å². The first-order chi connectivity index (χ1) is 3.56. The molecule has 0 atom stereocenters. The maximum absolute atomic E-state index is 11.1. The zero-order chi connectivity index (χ0) is 6.62. The Balaban J connectivity index is 3.92. The molecular weight excluding hydrogens is 135 g/mol. The number of hydrogen-bond acceptors (Lipinski definition) is 2. The van der Waals surface area contributed by atoms with Crippen molar-refractivity contribution in [3.63, 3.8) is 0 Å². The zero-order valence-electron chi connectivity index (χ0n) is 3.91. The highest BCUT2D eigenvalue weighted by atomic mass is 32.2. The molecule has 3 nitrogen and oxygen atoms in total. The molecule has 0 aliphatic rings. The Morgan fingerprint density at radius 3 is 2.25 bits per heavy atom. The van der Waals surface area contributed by atoms with Crippen LogP contribution in [-0.2, 0) is 10.1 Å². The van der Waals surface area contributed by atoms with E-state index in [0.29, 0.717) is 11.5 Å². The van der Waals surface area contributed by atoms with Crippen LogP contribution in [0.5, 0.6) is 0 Å². The number of rotatable bonds is 2. The minimum Gasteiger partial charge on any atom is -0.282 e. The van der Waals surface area contributed by atoms with Gasteiger partial charge in [0.25, 0.3) is 10.1 Å². The predicted octanol–water partition coefficient (Wildman–Crippen LogP) is 0.357. The van der Waals surface area contributed by atoms with Gasteiger partial charge in [-0.25, -0.2) is 4.39 Å². The Morgan fingerprint density at radius 2 is 2.12 bits per heavy atom. The highest BCUT2D eigenvalue weighted by molar-refractivity contribution is 7.88. The van der Waals surface area contributed by atoms with Crippen LogP contribution in [0.2, 0.25) is 0 Å². The fourth-order valence-electron chi connectivity index (χ4n) is 0.158. The van der Waals surface area contributed by atoms with Gasteiger partial charge < -0.3 is 0 Å². The third-order valence-electron chi connectivity index (χ3n) is 0.357. The molecule has 0 aromatic rings. The summed E-state index contributed by atoms with van der Waals surface area (Å²) in [6.45, 7) is -0.889. The largest absolute Gasteiger partial charge is 0.287 e. The maximum Gasteiger partial charge on any atom is 0.287 e. The molecule has 0 aromatic heterocycles. The van der Waals surface area contributed by atoms with E-state index in [1.807, 2.05) is 0 Å². The first kappa shape index (κ1) is 7.58. The molecule has 0 heterocycles. The molecule has 0 aliphatic carbocycles. The smallest absolute Gasteiger partial charge is 0.282 e. The molecule has 0 aliphatic heterocycles. The van der Waals surface area contributed by atoms with Gasteiger partial charge in [-0.15, -0.1) is 0 Å². The maximum atomic E-state index is 11.1. The Kier molecular flexibility index (Phi) is 2.64. The summed E-state index contributed by atoms with van der Waals surface area (Å²) in [5.74, 6) is 0. The monoisotopic (exact) mass is 140 g/mol. The Labute approximate surface area is 46.6 Å². The number of alkyl halides is 1. The van der Waals surface area contributed by atoms with Crippen molar-refractivity contribution in [2.75, 3.05) is 6.67 Å². The molecule has 0 fully saturated rings. The molecule has 5 heteroatoms. The lowest BCUT2D eigenvalue weighted by atomic mass is 10.7. The van der Waals surface area contributed by atoms with Crippen molar-refractivity contribution in [3.8, 4) is 0 Å². The topological polar surface area (TPSA) is 54.4 Å². The van der Waals surface area contributed by atoms with Crippen molar-refractivity contribution in [2.45, 2.75) is 0 Å². The third kappa shape index (κ3) is 5.58. The van der Waals surface area contributed by atoms with Crippen molar-refractivity contribution in [1.29, 1.82) is 0 Å². The third-order valence-corrected chi connectivity index (χ3v) is 0.894. The van der Waals surface area contributed by atoms with Gasteiger partial charge in [0, 0.05) is 0 Å². The van der Waals surface area contributed by atoms with E-state index in [0.717, 1.165) is 0 Å². The molecule has 0 spiro atoms. The molecule has 0 saturated heterocycles. The van der Waals surface area contributed by atoms with Crippen LogP contribution in [0.15, 0.2) is 11.5 Å². The van der Waals surface area contributed by atoms with E-state index in [1.165, 1.54) is 0 Å². The number of allylic oxidation sites excluding steroid dienone is 1. The zero-order valence-corrected chi connectivity index (χ0v) is 4.73. The number of hydrogen-bond donors (Lipinski definition) is 1. The van der Waals surface area contributed by atoms with Gasteiger partial charge in [-0.05, 0) is 6.08 Å². The lowest BCUT2D eigenvalue weighted by Crippen LogP contribution is -1.88. The average Bonchev–Trinajstić information content (AvgIpc) is 1.59. The molecule has 0 amide bonds. The first-order valence-corrected chi connectivity index (χ1v) is 3.26. The highest BCUT2D eigenvalue weighted by Crippen LogP contribution is 1.83. The standard InChI is InChI=1S/C3H5FO3S/c4-2-1-3-8(5,6)7/h1,3H,2H2,(H,5,6,7). The molecule has 1 N–H and O–H groups in total. The summed E-state index contributed by atoms with van der Waals surface area (Å²) in [5.41, 5.74) is 0. The summed E-state index contributed by atoms with van der Waals surface area (Å²) in [4.78, 5) is 0. The Morgan fingerprint density at radius 1 is 1.62 bits per heavy atom. The molecule has 0 unspecified atom stereocenters. The fraction of sp³-hybridized carbons (Fsp3) is 0.333. The second-order valence-corrected chi connectivity index (χ2v) is 2.34. The van der Waals surface area contributed by atoms with Crippen LogP contribution in [0.25, 0.3) is 0 Å². The molecule has 0 aromatic carbocycles. The summed E-state index contributed by atoms with van der Waals surface area (Å²) in [6, 6.07) is 0. The SMILES string of the molecule is O=S(=O)(O)C=CCF. The van der Waals surface area contributed by atoms with Crippen molar-refractivity contribution >= 4 is 10.1 Å². The van der Waals surface area contributed by atoms with E-state index in [9.17, 15) is 12.8 Å². The Bertz CT molecular complexity index is 169. The van der Waals surface area contributed by atoms with Crippen LogP contribution >= 0.6 is 0 Å². The van der Waals surface area contributed by atoms with Crippen molar-refractivity contribution in [1.82, 2.24) is 0 Å². The van der Waals surface area contributed by atoms with Gasteiger partial charge in [0.05, 0.1) is 5.41 Å². The summed E-state index contributed by atoms with van der Waals surface area (Å²) in [6.07, 6.45) is 0.704. The van der Waals surface area contributed by atoms with E-state index >= 15 is 0 Å². The van der Waals surface area contributed by atoms with Crippen LogP contribution in [0.4, 0.5) is 4.39 Å². The van der Waals surface area contributed by atoms with E-state index in [4.69, 9.17) is 4.55 Å². The van der Waals surface area contributed by atoms with E-state index in [-0.39, 0.29) is 0 Å². The molecular formula is C3H5FO3S. The van der Waals surface area contributed by atoms with Crippen molar-refractivity contribution in [2.24, 2.45) is 0 Å². The van der Waals surface area contributed by atoms with Crippen LogP contribution in [0, 0.1) is 0 Å².